The minimum Gasteiger partial charge on any atom is -0.374 e. The van der Waals surface area contributed by atoms with Crippen molar-refractivity contribution < 1.29 is 18.3 Å². The van der Waals surface area contributed by atoms with E-state index in [0.717, 1.165) is 0 Å². The number of aromatic nitrogens is 2. The van der Waals surface area contributed by atoms with Crippen LogP contribution in [0.25, 0.3) is 0 Å². The molecule has 2 rings (SSSR count). The molecule has 1 amide bonds. The molecule has 1 fully saturated rings. The van der Waals surface area contributed by atoms with Gasteiger partial charge in [-0.05, 0) is 11.3 Å². The Hall–Kier alpha value is -1.50. The van der Waals surface area contributed by atoms with Crippen LogP contribution >= 0.6 is 0 Å². The van der Waals surface area contributed by atoms with Gasteiger partial charge in [0, 0.05) is 25.8 Å². The first-order valence-electron chi connectivity index (χ1n) is 8.36. The highest BCUT2D eigenvalue weighted by atomic mass is 19.3. The van der Waals surface area contributed by atoms with Crippen LogP contribution in [-0.4, -0.2) is 46.4 Å². The van der Waals surface area contributed by atoms with Gasteiger partial charge < -0.3 is 9.64 Å². The maximum Gasteiger partial charge on any atom is 0.282 e. The molecule has 24 heavy (non-hydrogen) atoms. The van der Waals surface area contributed by atoms with Crippen LogP contribution in [0.4, 0.5) is 8.78 Å². The van der Waals surface area contributed by atoms with Crippen LogP contribution in [0.5, 0.6) is 0 Å². The molecule has 2 heterocycles. The number of carbonyl (C=O) groups excluding carboxylic acids is 1. The number of morpholine rings is 1. The Morgan fingerprint density at radius 3 is 2.62 bits per heavy atom. The second-order valence-corrected chi connectivity index (χ2v) is 7.82. The second-order valence-electron chi connectivity index (χ2n) is 7.82. The van der Waals surface area contributed by atoms with E-state index in [1.165, 1.54) is 10.9 Å². The molecular formula is C17H27F2N3O2. The quantitative estimate of drug-likeness (QED) is 0.842. The fraction of sp³-hybridized carbons (Fsp3) is 0.765. The average molecular weight is 343 g/mol. The van der Waals surface area contributed by atoms with Crippen molar-refractivity contribution in [3.8, 4) is 0 Å². The molecule has 5 nitrogen and oxygen atoms in total. The van der Waals surface area contributed by atoms with Crippen molar-refractivity contribution in [2.24, 2.45) is 11.3 Å². The third kappa shape index (κ3) is 4.32. The Labute approximate surface area is 142 Å². The third-order valence-corrected chi connectivity index (χ3v) is 4.10. The van der Waals surface area contributed by atoms with E-state index in [1.807, 2.05) is 34.6 Å². The monoisotopic (exact) mass is 343 g/mol. The maximum absolute atomic E-state index is 13.3. The summed E-state index contributed by atoms with van der Waals surface area (Å²) in [5, 5.41) is 3.92. The van der Waals surface area contributed by atoms with Crippen LogP contribution in [0.3, 0.4) is 0 Å². The summed E-state index contributed by atoms with van der Waals surface area (Å²) in [6.45, 7) is 11.8. The van der Waals surface area contributed by atoms with Crippen molar-refractivity contribution in [1.29, 1.82) is 0 Å². The standard InChI is InChI=1S/C17H27F2N3O2/c1-11(2)8-22-9-12(14(20-22)15(18)19)16(23)21-6-7-24-13(10-21)17(3,4)5/h9,11,13,15H,6-8,10H2,1-5H3/t13-/m0/s1. The lowest BCUT2D eigenvalue weighted by atomic mass is 9.88. The number of halogens is 2. The number of alkyl halides is 2. The molecule has 1 aliphatic rings. The smallest absolute Gasteiger partial charge is 0.282 e. The average Bonchev–Trinajstić information content (AvgIpc) is 2.89. The SMILES string of the molecule is CC(C)Cn1cc(C(=O)N2CCO[C@H](C(C)(C)C)C2)c(C(F)F)n1. The Morgan fingerprint density at radius 1 is 1.42 bits per heavy atom. The lowest BCUT2D eigenvalue weighted by Gasteiger charge is -2.39. The summed E-state index contributed by atoms with van der Waals surface area (Å²) in [6.07, 6.45) is -1.43. The summed E-state index contributed by atoms with van der Waals surface area (Å²) in [6, 6.07) is 0. The largest absolute Gasteiger partial charge is 0.374 e. The summed E-state index contributed by atoms with van der Waals surface area (Å²) in [7, 11) is 0. The number of nitrogens with zero attached hydrogens (tertiary/aromatic N) is 3. The molecule has 0 spiro atoms. The van der Waals surface area contributed by atoms with Gasteiger partial charge in [-0.25, -0.2) is 8.78 Å². The number of rotatable bonds is 4. The zero-order chi connectivity index (χ0) is 18.1. The Morgan fingerprint density at radius 2 is 2.08 bits per heavy atom. The van der Waals surface area contributed by atoms with Crippen molar-refractivity contribution in [1.82, 2.24) is 14.7 Å². The van der Waals surface area contributed by atoms with Crippen molar-refractivity contribution in [3.05, 3.63) is 17.5 Å². The highest BCUT2D eigenvalue weighted by molar-refractivity contribution is 5.95. The van der Waals surface area contributed by atoms with Gasteiger partial charge in [-0.1, -0.05) is 34.6 Å². The molecule has 7 heteroatoms. The Kier molecular flexibility index (Phi) is 5.63. The number of carbonyl (C=O) groups is 1. The van der Waals surface area contributed by atoms with Gasteiger partial charge in [0.15, 0.2) is 0 Å². The number of hydrogen-bond acceptors (Lipinski definition) is 3. The molecule has 0 saturated carbocycles. The zero-order valence-electron chi connectivity index (χ0n) is 15.1. The summed E-state index contributed by atoms with van der Waals surface area (Å²) in [5.74, 6) is -0.134. The van der Waals surface area contributed by atoms with Gasteiger partial charge >= 0.3 is 0 Å². The topological polar surface area (TPSA) is 47.4 Å². The van der Waals surface area contributed by atoms with Crippen LogP contribution in [0, 0.1) is 11.3 Å². The van der Waals surface area contributed by atoms with Crippen LogP contribution in [0.2, 0.25) is 0 Å². The van der Waals surface area contributed by atoms with Crippen LogP contribution in [0.1, 0.15) is 57.1 Å². The first-order valence-corrected chi connectivity index (χ1v) is 8.36. The van der Waals surface area contributed by atoms with Crippen LogP contribution in [-0.2, 0) is 11.3 Å². The summed E-state index contributed by atoms with van der Waals surface area (Å²) in [4.78, 5) is 14.4. The van der Waals surface area contributed by atoms with Gasteiger partial charge in [0.25, 0.3) is 12.3 Å². The van der Waals surface area contributed by atoms with Crippen molar-refractivity contribution >= 4 is 5.91 Å². The molecule has 0 radical (unpaired) electrons. The van der Waals surface area contributed by atoms with E-state index in [9.17, 15) is 13.6 Å². The van der Waals surface area contributed by atoms with Gasteiger partial charge in [0.05, 0.1) is 18.3 Å². The fourth-order valence-electron chi connectivity index (χ4n) is 2.76. The summed E-state index contributed by atoms with van der Waals surface area (Å²) in [5.41, 5.74) is -0.550. The van der Waals surface area contributed by atoms with Gasteiger partial charge in [-0.15, -0.1) is 0 Å². The van der Waals surface area contributed by atoms with Crippen molar-refractivity contribution in [2.45, 2.75) is 53.7 Å². The summed E-state index contributed by atoms with van der Waals surface area (Å²) < 4.78 is 33.8. The predicted octanol–water partition coefficient (Wildman–Crippen LogP) is 3.36. The Balaban J connectivity index is 2.23. The highest BCUT2D eigenvalue weighted by Crippen LogP contribution is 2.28. The van der Waals surface area contributed by atoms with E-state index in [0.29, 0.717) is 26.2 Å². The molecule has 0 aromatic carbocycles. The molecule has 1 aliphatic heterocycles. The molecule has 0 aliphatic carbocycles. The van der Waals surface area contributed by atoms with Gasteiger partial charge in [0.1, 0.15) is 5.69 Å². The molecule has 136 valence electrons. The first-order chi connectivity index (χ1) is 11.1. The van der Waals surface area contributed by atoms with E-state index in [4.69, 9.17) is 4.74 Å². The zero-order valence-corrected chi connectivity index (χ0v) is 15.1. The second kappa shape index (κ2) is 7.17. The molecule has 1 aromatic rings. The van der Waals surface area contributed by atoms with E-state index in [-0.39, 0.29) is 23.0 Å². The van der Waals surface area contributed by atoms with E-state index < -0.39 is 18.0 Å². The van der Waals surface area contributed by atoms with Crippen LogP contribution < -0.4 is 0 Å². The molecule has 1 saturated heterocycles. The van der Waals surface area contributed by atoms with Crippen molar-refractivity contribution in [2.75, 3.05) is 19.7 Å². The van der Waals surface area contributed by atoms with Gasteiger partial charge in [-0.2, -0.15) is 5.10 Å². The highest BCUT2D eigenvalue weighted by Gasteiger charge is 2.35. The minimum absolute atomic E-state index is 0.000194. The normalized spacial score (nSPS) is 19.4. The maximum atomic E-state index is 13.3. The lowest BCUT2D eigenvalue weighted by molar-refractivity contribution is -0.0707. The lowest BCUT2D eigenvalue weighted by Crippen LogP contribution is -2.50. The number of hydrogen-bond donors (Lipinski definition) is 0. The third-order valence-electron chi connectivity index (χ3n) is 4.10. The number of amides is 1. The van der Waals surface area contributed by atoms with Crippen LogP contribution in [0.15, 0.2) is 6.20 Å². The summed E-state index contributed by atoms with van der Waals surface area (Å²) >= 11 is 0. The molecule has 1 aromatic heterocycles. The van der Waals surface area contributed by atoms with Gasteiger partial charge in [-0.3, -0.25) is 9.48 Å². The first kappa shape index (κ1) is 18.8. The predicted molar refractivity (Wildman–Crippen MR) is 87.1 cm³/mol. The van der Waals surface area contributed by atoms with Gasteiger partial charge in [0.2, 0.25) is 0 Å². The molecule has 0 unspecified atom stereocenters. The van der Waals surface area contributed by atoms with E-state index in [2.05, 4.69) is 5.10 Å². The Bertz CT molecular complexity index is 579. The van der Waals surface area contributed by atoms with E-state index >= 15 is 0 Å². The van der Waals surface area contributed by atoms with E-state index in [1.54, 1.807) is 4.90 Å². The molecule has 0 bridgehead atoms. The van der Waals surface area contributed by atoms with Crippen molar-refractivity contribution in [3.63, 3.8) is 0 Å². The molecule has 1 atom stereocenters. The molecule has 0 N–H and O–H groups in total. The minimum atomic E-state index is -2.77. The fourth-order valence-corrected chi connectivity index (χ4v) is 2.76. The molecular weight excluding hydrogens is 316 g/mol. The number of ether oxygens (including phenoxy) is 1.